The molecular formula is C12H23NO2. The second kappa shape index (κ2) is 5.28. The van der Waals surface area contributed by atoms with Gasteiger partial charge in [0.05, 0.1) is 11.7 Å². The molecule has 2 N–H and O–H groups in total. The van der Waals surface area contributed by atoms with E-state index in [2.05, 4.69) is 0 Å². The molecule has 1 aliphatic carbocycles. The van der Waals surface area contributed by atoms with Crippen LogP contribution in [-0.2, 0) is 9.47 Å². The van der Waals surface area contributed by atoms with Crippen LogP contribution in [0.5, 0.6) is 0 Å². The Morgan fingerprint density at radius 3 is 2.40 bits per heavy atom. The zero-order valence-electron chi connectivity index (χ0n) is 9.54. The first kappa shape index (κ1) is 11.4. The molecule has 88 valence electrons. The summed E-state index contributed by atoms with van der Waals surface area (Å²) >= 11 is 0. The lowest BCUT2D eigenvalue weighted by molar-refractivity contribution is -0.135. The van der Waals surface area contributed by atoms with Crippen molar-refractivity contribution in [1.29, 1.82) is 0 Å². The molecule has 1 aliphatic heterocycles. The summed E-state index contributed by atoms with van der Waals surface area (Å²) in [5.41, 5.74) is 5.90. The molecule has 0 amide bonds. The van der Waals surface area contributed by atoms with E-state index in [1.165, 1.54) is 19.3 Å². The standard InChI is InChI=1S/C12H23NO2/c13-10-12(6-2-1-3-7-12)15-11-4-8-14-9-5-11/h11H,1-10,13H2. The van der Waals surface area contributed by atoms with Crippen LogP contribution in [0.15, 0.2) is 0 Å². The maximum atomic E-state index is 6.26. The highest BCUT2D eigenvalue weighted by atomic mass is 16.5. The lowest BCUT2D eigenvalue weighted by Crippen LogP contribution is -2.46. The van der Waals surface area contributed by atoms with Crippen molar-refractivity contribution < 1.29 is 9.47 Å². The summed E-state index contributed by atoms with van der Waals surface area (Å²) in [6.45, 7) is 2.39. The van der Waals surface area contributed by atoms with Crippen LogP contribution in [0.1, 0.15) is 44.9 Å². The molecule has 0 atom stereocenters. The summed E-state index contributed by atoms with van der Waals surface area (Å²) in [7, 11) is 0. The van der Waals surface area contributed by atoms with Crippen molar-refractivity contribution in [1.82, 2.24) is 0 Å². The summed E-state index contributed by atoms with van der Waals surface area (Å²) in [4.78, 5) is 0. The van der Waals surface area contributed by atoms with Crippen molar-refractivity contribution >= 4 is 0 Å². The largest absolute Gasteiger partial charge is 0.381 e. The van der Waals surface area contributed by atoms with Crippen molar-refractivity contribution in [3.8, 4) is 0 Å². The van der Waals surface area contributed by atoms with Gasteiger partial charge in [-0.2, -0.15) is 0 Å². The summed E-state index contributed by atoms with van der Waals surface area (Å²) in [5.74, 6) is 0. The van der Waals surface area contributed by atoms with Crippen molar-refractivity contribution in [3.63, 3.8) is 0 Å². The molecule has 2 fully saturated rings. The Kier molecular flexibility index (Phi) is 4.00. The molecule has 3 nitrogen and oxygen atoms in total. The minimum atomic E-state index is 0.000255. The first-order chi connectivity index (χ1) is 7.35. The third-order valence-electron chi connectivity index (χ3n) is 3.72. The molecule has 0 aromatic carbocycles. The fourth-order valence-corrected chi connectivity index (χ4v) is 2.71. The third kappa shape index (κ3) is 2.92. The number of rotatable bonds is 3. The van der Waals surface area contributed by atoms with E-state index in [1.54, 1.807) is 0 Å². The normalized spacial score (nSPS) is 27.8. The van der Waals surface area contributed by atoms with Crippen molar-refractivity contribution in [2.24, 2.45) is 5.73 Å². The smallest absolute Gasteiger partial charge is 0.0807 e. The maximum Gasteiger partial charge on any atom is 0.0807 e. The molecule has 0 radical (unpaired) electrons. The fraction of sp³-hybridized carbons (Fsp3) is 1.00. The highest BCUT2D eigenvalue weighted by Crippen LogP contribution is 2.33. The second-order valence-corrected chi connectivity index (χ2v) is 4.88. The van der Waals surface area contributed by atoms with Crippen LogP contribution in [0.4, 0.5) is 0 Å². The lowest BCUT2D eigenvalue weighted by Gasteiger charge is -2.40. The first-order valence-corrected chi connectivity index (χ1v) is 6.30. The van der Waals surface area contributed by atoms with E-state index >= 15 is 0 Å². The first-order valence-electron chi connectivity index (χ1n) is 6.30. The SMILES string of the molecule is NCC1(OC2CCOCC2)CCCCC1. The lowest BCUT2D eigenvalue weighted by atomic mass is 9.84. The van der Waals surface area contributed by atoms with Gasteiger partial charge in [0.25, 0.3) is 0 Å². The van der Waals surface area contributed by atoms with E-state index in [1.807, 2.05) is 0 Å². The molecule has 15 heavy (non-hydrogen) atoms. The van der Waals surface area contributed by atoms with Crippen LogP contribution < -0.4 is 5.73 Å². The maximum absolute atomic E-state index is 6.26. The zero-order valence-corrected chi connectivity index (χ0v) is 9.54. The van der Waals surface area contributed by atoms with Gasteiger partial charge in [-0.1, -0.05) is 19.3 Å². The molecule has 0 bridgehead atoms. The van der Waals surface area contributed by atoms with Crippen LogP contribution in [0.2, 0.25) is 0 Å². The van der Waals surface area contributed by atoms with Gasteiger partial charge in [-0.25, -0.2) is 0 Å². The molecule has 1 heterocycles. The molecule has 1 saturated heterocycles. The van der Waals surface area contributed by atoms with Gasteiger partial charge < -0.3 is 15.2 Å². The molecule has 1 saturated carbocycles. The third-order valence-corrected chi connectivity index (χ3v) is 3.72. The van der Waals surface area contributed by atoms with E-state index in [0.29, 0.717) is 12.6 Å². The summed E-state index contributed by atoms with van der Waals surface area (Å²) in [6, 6.07) is 0. The topological polar surface area (TPSA) is 44.5 Å². The summed E-state index contributed by atoms with van der Waals surface area (Å²) in [6.07, 6.45) is 8.69. The number of ether oxygens (including phenoxy) is 2. The predicted octanol–water partition coefficient (Wildman–Crippen LogP) is 1.84. The Morgan fingerprint density at radius 1 is 1.13 bits per heavy atom. The van der Waals surface area contributed by atoms with E-state index in [-0.39, 0.29) is 5.60 Å². The van der Waals surface area contributed by atoms with Gasteiger partial charge in [0.15, 0.2) is 0 Å². The fourth-order valence-electron chi connectivity index (χ4n) is 2.71. The monoisotopic (exact) mass is 213 g/mol. The molecule has 2 aliphatic rings. The Bertz CT molecular complexity index is 184. The number of nitrogens with two attached hydrogens (primary N) is 1. The van der Waals surface area contributed by atoms with Crippen LogP contribution in [0.3, 0.4) is 0 Å². The van der Waals surface area contributed by atoms with Crippen LogP contribution in [0.25, 0.3) is 0 Å². The Labute approximate surface area is 92.3 Å². The molecule has 3 heteroatoms. The van der Waals surface area contributed by atoms with E-state index in [0.717, 1.165) is 38.9 Å². The average Bonchev–Trinajstić information content (AvgIpc) is 2.32. The van der Waals surface area contributed by atoms with Crippen molar-refractivity contribution in [2.75, 3.05) is 19.8 Å². The minimum Gasteiger partial charge on any atom is -0.381 e. The summed E-state index contributed by atoms with van der Waals surface area (Å²) in [5, 5.41) is 0. The zero-order chi connectivity index (χ0) is 10.6. The molecule has 0 unspecified atom stereocenters. The minimum absolute atomic E-state index is 0.000255. The summed E-state index contributed by atoms with van der Waals surface area (Å²) < 4.78 is 11.6. The Hall–Kier alpha value is -0.120. The van der Waals surface area contributed by atoms with E-state index in [4.69, 9.17) is 15.2 Å². The van der Waals surface area contributed by atoms with Crippen molar-refractivity contribution in [2.45, 2.75) is 56.7 Å². The molecule has 0 spiro atoms. The van der Waals surface area contributed by atoms with Gasteiger partial charge in [0.2, 0.25) is 0 Å². The number of hydrogen-bond acceptors (Lipinski definition) is 3. The molecular weight excluding hydrogens is 190 g/mol. The Morgan fingerprint density at radius 2 is 1.80 bits per heavy atom. The highest BCUT2D eigenvalue weighted by molar-refractivity contribution is 4.87. The molecule has 0 aromatic heterocycles. The van der Waals surface area contributed by atoms with Gasteiger partial charge in [0, 0.05) is 19.8 Å². The van der Waals surface area contributed by atoms with E-state index in [9.17, 15) is 0 Å². The Balaban J connectivity index is 1.87. The van der Waals surface area contributed by atoms with Gasteiger partial charge in [-0.15, -0.1) is 0 Å². The van der Waals surface area contributed by atoms with Crippen LogP contribution in [0, 0.1) is 0 Å². The van der Waals surface area contributed by atoms with Crippen molar-refractivity contribution in [3.05, 3.63) is 0 Å². The van der Waals surface area contributed by atoms with Gasteiger partial charge in [-0.3, -0.25) is 0 Å². The molecule has 2 rings (SSSR count). The van der Waals surface area contributed by atoms with Gasteiger partial charge in [-0.05, 0) is 25.7 Å². The van der Waals surface area contributed by atoms with Gasteiger partial charge >= 0.3 is 0 Å². The molecule has 0 aromatic rings. The second-order valence-electron chi connectivity index (χ2n) is 4.88. The van der Waals surface area contributed by atoms with Crippen LogP contribution >= 0.6 is 0 Å². The van der Waals surface area contributed by atoms with Crippen LogP contribution in [-0.4, -0.2) is 31.5 Å². The predicted molar refractivity (Wildman–Crippen MR) is 59.8 cm³/mol. The quantitative estimate of drug-likeness (QED) is 0.778. The van der Waals surface area contributed by atoms with Gasteiger partial charge in [0.1, 0.15) is 0 Å². The van der Waals surface area contributed by atoms with E-state index < -0.39 is 0 Å². The number of hydrogen-bond donors (Lipinski definition) is 1. The highest BCUT2D eigenvalue weighted by Gasteiger charge is 2.34. The average molecular weight is 213 g/mol.